The van der Waals surface area contributed by atoms with E-state index in [9.17, 15) is 14.7 Å². The minimum Gasteiger partial charge on any atom is -0.478 e. The van der Waals surface area contributed by atoms with E-state index in [4.69, 9.17) is 0 Å². The number of nitrogens with one attached hydrogen (secondary N) is 1. The lowest BCUT2D eigenvalue weighted by molar-refractivity contribution is -0.216. The third-order valence-corrected chi connectivity index (χ3v) is 16.0. The molecule has 6 nitrogen and oxygen atoms in total. The molecule has 8 atom stereocenters. The van der Waals surface area contributed by atoms with Gasteiger partial charge in [-0.25, -0.2) is 9.59 Å². The van der Waals surface area contributed by atoms with E-state index in [2.05, 4.69) is 50.9 Å². The fraction of sp³-hybridized carbons (Fsp3) is 0.756. The van der Waals surface area contributed by atoms with Crippen molar-refractivity contribution in [2.45, 2.75) is 117 Å². The van der Waals surface area contributed by atoms with E-state index in [1.54, 1.807) is 12.1 Å². The summed E-state index contributed by atoms with van der Waals surface area (Å²) in [6, 6.07) is 7.74. The summed E-state index contributed by atoms with van der Waals surface area (Å²) in [6.07, 6.45) is 17.3. The highest BCUT2D eigenvalue weighted by molar-refractivity contribution is 5.88. The number of benzene rings is 1. The molecule has 5 fully saturated rings. The predicted molar refractivity (Wildman–Crippen MR) is 189 cm³/mol. The van der Waals surface area contributed by atoms with Crippen LogP contribution in [0.4, 0.5) is 4.79 Å². The molecule has 5 aliphatic carbocycles. The van der Waals surface area contributed by atoms with Gasteiger partial charge in [-0.15, -0.1) is 0 Å². The normalized spacial score (nSPS) is 40.8. The van der Waals surface area contributed by atoms with Gasteiger partial charge in [-0.05, 0) is 152 Å². The van der Waals surface area contributed by atoms with Gasteiger partial charge in [0, 0.05) is 25.7 Å². The molecular weight excluding hydrogens is 582 g/mol. The second-order valence-electron chi connectivity index (χ2n) is 18.1. The Hall–Kier alpha value is -2.34. The number of carbonyl (C=O) groups excluding carboxylic acids is 1. The molecule has 1 aromatic rings. The van der Waals surface area contributed by atoms with Crippen molar-refractivity contribution in [1.82, 2.24) is 15.1 Å². The number of amides is 2. The number of hydrogen-bond acceptors (Lipinski definition) is 3. The number of aromatic carboxylic acids is 1. The molecule has 0 aromatic heterocycles. The molecule has 0 spiro atoms. The summed E-state index contributed by atoms with van der Waals surface area (Å²) < 4.78 is 0. The SMILES string of the molecule is CN(CCN1CCCC1)C(=O)NC12CCCC1[C@H]1CCC3C4(C)CC=C(c5ccc(C(=O)O)cc5)C(C)(C)C4CCC3(C)[C@]1(C)CC2. The average molecular weight is 644 g/mol. The molecule has 6 heteroatoms. The maximum atomic E-state index is 13.7. The molecule has 1 heterocycles. The van der Waals surface area contributed by atoms with Gasteiger partial charge >= 0.3 is 12.0 Å². The van der Waals surface area contributed by atoms with E-state index in [-0.39, 0.29) is 33.2 Å². The molecule has 47 heavy (non-hydrogen) atoms. The van der Waals surface area contributed by atoms with Crippen LogP contribution in [-0.4, -0.2) is 65.7 Å². The lowest BCUT2D eigenvalue weighted by Gasteiger charge is -2.72. The summed E-state index contributed by atoms with van der Waals surface area (Å²) in [5, 5.41) is 13.2. The van der Waals surface area contributed by atoms with E-state index < -0.39 is 5.97 Å². The Bertz CT molecular complexity index is 1410. The maximum Gasteiger partial charge on any atom is 0.335 e. The van der Waals surface area contributed by atoms with Crippen LogP contribution in [0.5, 0.6) is 0 Å². The number of urea groups is 1. The van der Waals surface area contributed by atoms with Crippen LogP contribution in [-0.2, 0) is 0 Å². The van der Waals surface area contributed by atoms with E-state index >= 15 is 0 Å². The zero-order chi connectivity index (χ0) is 33.4. The van der Waals surface area contributed by atoms with Crippen molar-refractivity contribution in [2.24, 2.45) is 45.3 Å². The topological polar surface area (TPSA) is 72.9 Å². The molecule has 0 bridgehead atoms. The van der Waals surface area contributed by atoms with Gasteiger partial charge in [0.25, 0.3) is 0 Å². The number of allylic oxidation sites excluding steroid dienone is 2. The van der Waals surface area contributed by atoms with Crippen LogP contribution in [0.25, 0.3) is 5.57 Å². The van der Waals surface area contributed by atoms with E-state index in [0.717, 1.165) is 32.4 Å². The van der Waals surface area contributed by atoms with Gasteiger partial charge in [0.1, 0.15) is 0 Å². The number of carbonyl (C=O) groups is 2. The van der Waals surface area contributed by atoms with E-state index in [0.29, 0.717) is 29.2 Å². The van der Waals surface area contributed by atoms with Crippen LogP contribution >= 0.6 is 0 Å². The number of likely N-dealkylation sites (N-methyl/N-ethyl adjacent to an activating group) is 1. The quantitative estimate of drug-likeness (QED) is 0.325. The molecule has 6 aliphatic rings. The summed E-state index contributed by atoms with van der Waals surface area (Å²) in [4.78, 5) is 29.7. The van der Waals surface area contributed by atoms with Crippen LogP contribution in [0.2, 0.25) is 0 Å². The third-order valence-electron chi connectivity index (χ3n) is 16.0. The van der Waals surface area contributed by atoms with Gasteiger partial charge in [0.05, 0.1) is 5.56 Å². The summed E-state index contributed by atoms with van der Waals surface area (Å²) >= 11 is 0. The number of hydrogen-bond donors (Lipinski definition) is 2. The lowest BCUT2D eigenvalue weighted by atomic mass is 9.33. The van der Waals surface area contributed by atoms with Crippen molar-refractivity contribution in [3.05, 3.63) is 41.5 Å². The summed E-state index contributed by atoms with van der Waals surface area (Å²) in [7, 11) is 2.00. The molecule has 6 unspecified atom stereocenters. The van der Waals surface area contributed by atoms with Gasteiger partial charge in [-0.1, -0.05) is 59.2 Å². The van der Waals surface area contributed by atoms with E-state index in [1.807, 2.05) is 24.1 Å². The van der Waals surface area contributed by atoms with Crippen LogP contribution in [0.3, 0.4) is 0 Å². The highest BCUT2D eigenvalue weighted by Crippen LogP contribution is 2.76. The molecule has 2 N–H and O–H groups in total. The minimum absolute atomic E-state index is 0.0229. The van der Waals surface area contributed by atoms with Crippen molar-refractivity contribution >= 4 is 17.6 Å². The van der Waals surface area contributed by atoms with Crippen molar-refractivity contribution in [2.75, 3.05) is 33.2 Å². The minimum atomic E-state index is -0.864. The monoisotopic (exact) mass is 643 g/mol. The smallest absolute Gasteiger partial charge is 0.335 e. The van der Waals surface area contributed by atoms with Crippen LogP contribution in [0.1, 0.15) is 128 Å². The molecule has 258 valence electrons. The first kappa shape index (κ1) is 33.2. The van der Waals surface area contributed by atoms with Crippen molar-refractivity contribution in [3.8, 4) is 0 Å². The number of nitrogens with zero attached hydrogens (tertiary/aromatic N) is 2. The number of likely N-dealkylation sites (tertiary alicyclic amines) is 1. The molecule has 7 rings (SSSR count). The molecule has 1 saturated heterocycles. The number of carboxylic acid groups (broad SMARTS) is 1. The Kier molecular flexibility index (Phi) is 8.21. The summed E-state index contributed by atoms with van der Waals surface area (Å²) in [5.41, 5.74) is 3.74. The molecule has 1 aromatic carbocycles. The zero-order valence-corrected chi connectivity index (χ0v) is 30.2. The lowest BCUT2D eigenvalue weighted by Crippen LogP contribution is -2.68. The first-order chi connectivity index (χ1) is 22.3. The maximum absolute atomic E-state index is 13.7. The second kappa shape index (κ2) is 11.6. The van der Waals surface area contributed by atoms with Crippen molar-refractivity contribution < 1.29 is 14.7 Å². The Morgan fingerprint density at radius 2 is 1.57 bits per heavy atom. The average Bonchev–Trinajstić information content (AvgIpc) is 3.70. The van der Waals surface area contributed by atoms with Gasteiger partial charge in [-0.2, -0.15) is 0 Å². The van der Waals surface area contributed by atoms with Gasteiger partial charge in [0.2, 0.25) is 0 Å². The fourth-order valence-electron chi connectivity index (χ4n) is 13.4. The fourth-order valence-corrected chi connectivity index (χ4v) is 13.4. The summed E-state index contributed by atoms with van der Waals surface area (Å²) in [5.74, 6) is 1.67. The highest BCUT2D eigenvalue weighted by atomic mass is 16.4. The van der Waals surface area contributed by atoms with Crippen LogP contribution in [0.15, 0.2) is 30.3 Å². The molecule has 4 saturated carbocycles. The van der Waals surface area contributed by atoms with Gasteiger partial charge < -0.3 is 20.2 Å². The van der Waals surface area contributed by atoms with Crippen LogP contribution in [0, 0.1) is 45.3 Å². The predicted octanol–water partition coefficient (Wildman–Crippen LogP) is 8.72. The first-order valence-corrected chi connectivity index (χ1v) is 19.1. The highest BCUT2D eigenvalue weighted by Gasteiger charge is 2.69. The molecular formula is C41H61N3O3. The number of carboxylic acids is 1. The van der Waals surface area contributed by atoms with E-state index in [1.165, 1.54) is 82.0 Å². The first-order valence-electron chi connectivity index (χ1n) is 19.1. The number of rotatable bonds is 6. The molecule has 2 amide bonds. The Balaban J connectivity index is 1.11. The largest absolute Gasteiger partial charge is 0.478 e. The zero-order valence-electron chi connectivity index (χ0n) is 30.2. The Morgan fingerprint density at radius 3 is 2.28 bits per heavy atom. The summed E-state index contributed by atoms with van der Waals surface area (Å²) in [6.45, 7) is 17.1. The Labute approximate surface area is 284 Å². The number of fused-ring (bicyclic) bond motifs is 7. The van der Waals surface area contributed by atoms with Crippen molar-refractivity contribution in [1.29, 1.82) is 0 Å². The molecule has 1 aliphatic heterocycles. The van der Waals surface area contributed by atoms with Crippen molar-refractivity contribution in [3.63, 3.8) is 0 Å². The van der Waals surface area contributed by atoms with Gasteiger partial charge in [0.15, 0.2) is 0 Å². The third kappa shape index (κ3) is 5.04. The van der Waals surface area contributed by atoms with Crippen LogP contribution < -0.4 is 5.32 Å². The van der Waals surface area contributed by atoms with Gasteiger partial charge in [-0.3, -0.25) is 0 Å². The standard InChI is InChI=1S/C41H61N3O3/c1-37(2)30(28-11-13-29(14-12-28)35(45)46)17-20-38(3)33(37)18-21-40(5)34(38)16-15-31-32-10-9-19-41(32,23-22-39(31,40)4)42-36(47)43(6)26-27-44-24-7-8-25-44/h11-14,17,31-34H,7-10,15-16,18-27H2,1-6H3,(H,42,47)(H,45,46)/t31-,32?,33?,34?,38?,39-,40?,41?/m1/s1. The molecule has 0 radical (unpaired) electrons. The Morgan fingerprint density at radius 1 is 0.851 bits per heavy atom. The second-order valence-corrected chi connectivity index (χ2v) is 18.1.